The summed E-state index contributed by atoms with van der Waals surface area (Å²) in [6.07, 6.45) is 1.69. The zero-order valence-corrected chi connectivity index (χ0v) is 14.1. The first-order chi connectivity index (χ1) is 11.0. The van der Waals surface area contributed by atoms with Gasteiger partial charge in [0.25, 0.3) is 5.91 Å². The average Bonchev–Trinajstić information content (AvgIpc) is 2.55. The maximum absolute atomic E-state index is 12.3. The topological polar surface area (TPSA) is 59.4 Å². The summed E-state index contributed by atoms with van der Waals surface area (Å²) >= 11 is 0. The molecular weight excluding hydrogens is 288 g/mol. The molecule has 0 unspecified atom stereocenters. The number of nitriles is 1. The van der Waals surface area contributed by atoms with Crippen LogP contribution < -0.4 is 5.32 Å². The van der Waals surface area contributed by atoms with Gasteiger partial charge in [-0.2, -0.15) is 5.26 Å². The molecular formula is C18H24N4O. The van der Waals surface area contributed by atoms with Crippen molar-refractivity contribution in [2.75, 3.05) is 38.0 Å². The Kier molecular flexibility index (Phi) is 5.78. The van der Waals surface area contributed by atoms with Crippen LogP contribution in [0.25, 0.3) is 0 Å². The van der Waals surface area contributed by atoms with Crippen LogP contribution in [0.15, 0.2) is 30.0 Å². The molecule has 0 aliphatic carbocycles. The Morgan fingerprint density at radius 2 is 2.00 bits per heavy atom. The lowest BCUT2D eigenvalue weighted by Crippen LogP contribution is -2.44. The molecule has 1 aromatic rings. The number of carbonyl (C=O) groups excluding carboxylic acids is 1. The molecule has 0 saturated carbocycles. The first-order valence-electron chi connectivity index (χ1n) is 8.00. The molecule has 1 amide bonds. The number of benzene rings is 1. The van der Waals surface area contributed by atoms with E-state index in [9.17, 15) is 10.1 Å². The standard InChI is InChI=1S/C18H24N4O/c1-4-21-7-9-22(10-8-21)13-16(12-19)18(23)20-17-6-5-14(2)11-15(17)3/h5-6,11,13H,4,7-10H2,1-3H3,(H,20,23)/b16-13-. The van der Waals surface area contributed by atoms with E-state index in [0.29, 0.717) is 0 Å². The monoisotopic (exact) mass is 312 g/mol. The van der Waals surface area contributed by atoms with Crippen molar-refractivity contribution in [1.29, 1.82) is 5.26 Å². The van der Waals surface area contributed by atoms with Gasteiger partial charge in [-0.05, 0) is 32.0 Å². The molecule has 0 spiro atoms. The number of amides is 1. The first-order valence-corrected chi connectivity index (χ1v) is 8.00. The van der Waals surface area contributed by atoms with Gasteiger partial charge >= 0.3 is 0 Å². The van der Waals surface area contributed by atoms with Crippen molar-refractivity contribution in [3.8, 4) is 6.07 Å². The van der Waals surface area contributed by atoms with Crippen LogP contribution in [0.3, 0.4) is 0 Å². The Balaban J connectivity index is 2.04. The Labute approximate surface area is 138 Å². The molecule has 1 N–H and O–H groups in total. The second-order valence-electron chi connectivity index (χ2n) is 5.90. The fraction of sp³-hybridized carbons (Fsp3) is 0.444. The first kappa shape index (κ1) is 17.0. The summed E-state index contributed by atoms with van der Waals surface area (Å²) in [7, 11) is 0. The van der Waals surface area contributed by atoms with E-state index in [2.05, 4.69) is 17.1 Å². The maximum Gasteiger partial charge on any atom is 0.267 e. The van der Waals surface area contributed by atoms with Crippen LogP contribution in [0.5, 0.6) is 0 Å². The predicted molar refractivity (Wildman–Crippen MR) is 91.9 cm³/mol. The number of hydrogen-bond donors (Lipinski definition) is 1. The lowest BCUT2D eigenvalue weighted by Gasteiger charge is -2.33. The van der Waals surface area contributed by atoms with E-state index in [0.717, 1.165) is 49.5 Å². The zero-order valence-electron chi connectivity index (χ0n) is 14.1. The molecule has 0 bridgehead atoms. The summed E-state index contributed by atoms with van der Waals surface area (Å²) in [5.41, 5.74) is 3.03. The summed E-state index contributed by atoms with van der Waals surface area (Å²) < 4.78 is 0. The molecule has 5 nitrogen and oxygen atoms in total. The second kappa shape index (κ2) is 7.80. The van der Waals surface area contributed by atoms with E-state index in [-0.39, 0.29) is 11.5 Å². The number of hydrogen-bond acceptors (Lipinski definition) is 4. The van der Waals surface area contributed by atoms with Crippen LogP contribution >= 0.6 is 0 Å². The van der Waals surface area contributed by atoms with Crippen LogP contribution in [-0.4, -0.2) is 48.4 Å². The van der Waals surface area contributed by atoms with Gasteiger partial charge in [0.05, 0.1) is 0 Å². The van der Waals surface area contributed by atoms with Crippen LogP contribution in [0.2, 0.25) is 0 Å². The van der Waals surface area contributed by atoms with E-state index in [1.165, 1.54) is 0 Å². The fourth-order valence-electron chi connectivity index (χ4n) is 2.67. The van der Waals surface area contributed by atoms with Crippen LogP contribution in [0, 0.1) is 25.2 Å². The molecule has 0 atom stereocenters. The van der Waals surface area contributed by atoms with Crippen molar-refractivity contribution in [2.24, 2.45) is 0 Å². The minimum Gasteiger partial charge on any atom is -0.374 e. The number of carbonyl (C=O) groups is 1. The minimum absolute atomic E-state index is 0.148. The van der Waals surface area contributed by atoms with E-state index in [1.54, 1.807) is 6.20 Å². The van der Waals surface area contributed by atoms with Crippen molar-refractivity contribution in [2.45, 2.75) is 20.8 Å². The van der Waals surface area contributed by atoms with Gasteiger partial charge in [0.2, 0.25) is 0 Å². The van der Waals surface area contributed by atoms with Gasteiger partial charge in [-0.3, -0.25) is 4.79 Å². The molecule has 1 heterocycles. The van der Waals surface area contributed by atoms with Crippen molar-refractivity contribution in [1.82, 2.24) is 9.80 Å². The largest absolute Gasteiger partial charge is 0.374 e. The van der Waals surface area contributed by atoms with E-state index < -0.39 is 0 Å². The predicted octanol–water partition coefficient (Wildman–Crippen LogP) is 2.29. The van der Waals surface area contributed by atoms with Gasteiger partial charge in [-0.1, -0.05) is 24.6 Å². The summed E-state index contributed by atoms with van der Waals surface area (Å²) in [6.45, 7) is 10.7. The van der Waals surface area contributed by atoms with Gasteiger partial charge in [0.1, 0.15) is 11.6 Å². The number of aryl methyl sites for hydroxylation is 2. The van der Waals surface area contributed by atoms with Crippen molar-refractivity contribution >= 4 is 11.6 Å². The lowest BCUT2D eigenvalue weighted by molar-refractivity contribution is -0.112. The minimum atomic E-state index is -0.350. The number of nitrogens with zero attached hydrogens (tertiary/aromatic N) is 3. The third kappa shape index (κ3) is 4.57. The van der Waals surface area contributed by atoms with Crippen LogP contribution in [0.1, 0.15) is 18.1 Å². The van der Waals surface area contributed by atoms with Crippen molar-refractivity contribution < 1.29 is 4.79 Å². The summed E-state index contributed by atoms with van der Waals surface area (Å²) in [6, 6.07) is 7.85. The average molecular weight is 312 g/mol. The van der Waals surface area contributed by atoms with Gasteiger partial charge in [-0.15, -0.1) is 0 Å². The summed E-state index contributed by atoms with van der Waals surface area (Å²) in [5, 5.41) is 12.1. The number of likely N-dealkylation sites (N-methyl/N-ethyl adjacent to an activating group) is 1. The van der Waals surface area contributed by atoms with Crippen molar-refractivity contribution in [3.63, 3.8) is 0 Å². The number of anilines is 1. The van der Waals surface area contributed by atoms with Crippen LogP contribution in [0.4, 0.5) is 5.69 Å². The number of rotatable bonds is 4. The fourth-order valence-corrected chi connectivity index (χ4v) is 2.67. The van der Waals surface area contributed by atoms with E-state index in [1.807, 2.05) is 43.0 Å². The highest BCUT2D eigenvalue weighted by Crippen LogP contribution is 2.17. The molecule has 1 saturated heterocycles. The Morgan fingerprint density at radius 1 is 1.30 bits per heavy atom. The van der Waals surface area contributed by atoms with Gasteiger partial charge in [0.15, 0.2) is 0 Å². The summed E-state index contributed by atoms with van der Waals surface area (Å²) in [4.78, 5) is 16.7. The third-order valence-electron chi connectivity index (χ3n) is 4.16. The van der Waals surface area contributed by atoms with E-state index in [4.69, 9.17) is 0 Å². The van der Waals surface area contributed by atoms with Gasteiger partial charge in [0, 0.05) is 38.1 Å². The molecule has 1 aliphatic heterocycles. The lowest BCUT2D eigenvalue weighted by atomic mass is 10.1. The number of nitrogens with one attached hydrogen (secondary N) is 1. The third-order valence-corrected chi connectivity index (χ3v) is 4.16. The van der Waals surface area contributed by atoms with Crippen molar-refractivity contribution in [3.05, 3.63) is 41.1 Å². The Bertz CT molecular complexity index is 637. The SMILES string of the molecule is CCN1CCN(/C=C(/C#N)C(=O)Nc2ccc(C)cc2C)CC1. The maximum atomic E-state index is 12.3. The number of piperazine rings is 1. The second-order valence-corrected chi connectivity index (χ2v) is 5.90. The van der Waals surface area contributed by atoms with E-state index >= 15 is 0 Å². The highest BCUT2D eigenvalue weighted by molar-refractivity contribution is 6.06. The molecule has 122 valence electrons. The quantitative estimate of drug-likeness (QED) is 0.684. The zero-order chi connectivity index (χ0) is 16.8. The normalized spacial score (nSPS) is 16.1. The highest BCUT2D eigenvalue weighted by Gasteiger charge is 2.16. The molecule has 2 rings (SSSR count). The molecule has 1 aliphatic rings. The Hall–Kier alpha value is -2.32. The highest BCUT2D eigenvalue weighted by atomic mass is 16.1. The Morgan fingerprint density at radius 3 is 2.57 bits per heavy atom. The smallest absolute Gasteiger partial charge is 0.267 e. The summed E-state index contributed by atoms with van der Waals surface area (Å²) in [5.74, 6) is -0.350. The molecule has 5 heteroatoms. The van der Waals surface area contributed by atoms with Gasteiger partial charge in [-0.25, -0.2) is 0 Å². The molecule has 0 aromatic heterocycles. The molecule has 0 radical (unpaired) electrons. The van der Waals surface area contributed by atoms with Crippen LogP contribution in [-0.2, 0) is 4.79 Å². The molecule has 1 aromatic carbocycles. The molecule has 23 heavy (non-hydrogen) atoms. The van der Waals surface area contributed by atoms with Gasteiger partial charge < -0.3 is 15.1 Å². The molecule has 1 fully saturated rings.